The normalized spacial score (nSPS) is 12.0. The molecule has 0 saturated carbocycles. The molecule has 1 N–H and O–H groups in total. The number of nitrogens with one attached hydrogen (secondary N) is 1. The number of hydrogen-bond acceptors (Lipinski definition) is 5. The SMILES string of the molecule is O=[N+]([O-])c1ccccc1C=Nn1c(C(F)(F)F)n[nH]c1=S. The Hall–Kier alpha value is -2.56. The fourth-order valence-electron chi connectivity index (χ4n) is 1.47. The van der Waals surface area contributed by atoms with Crippen molar-refractivity contribution in [3.8, 4) is 0 Å². The molecule has 2 rings (SSSR count). The van der Waals surface area contributed by atoms with E-state index in [9.17, 15) is 23.3 Å². The van der Waals surface area contributed by atoms with Crippen molar-refractivity contribution in [2.24, 2.45) is 5.10 Å². The smallest absolute Gasteiger partial charge is 0.258 e. The van der Waals surface area contributed by atoms with Crippen molar-refractivity contribution < 1.29 is 18.1 Å². The summed E-state index contributed by atoms with van der Waals surface area (Å²) >= 11 is 4.64. The third kappa shape index (κ3) is 3.13. The monoisotopic (exact) mass is 317 g/mol. The lowest BCUT2D eigenvalue weighted by Crippen LogP contribution is -2.12. The highest BCUT2D eigenvalue weighted by Crippen LogP contribution is 2.27. The van der Waals surface area contributed by atoms with Crippen LogP contribution in [0.2, 0.25) is 0 Å². The first-order valence-electron chi connectivity index (χ1n) is 5.33. The molecule has 0 aliphatic carbocycles. The second-order valence-electron chi connectivity index (χ2n) is 3.72. The summed E-state index contributed by atoms with van der Waals surface area (Å²) in [6.45, 7) is 0. The van der Waals surface area contributed by atoms with Crippen molar-refractivity contribution in [3.05, 3.63) is 50.5 Å². The van der Waals surface area contributed by atoms with E-state index < -0.39 is 16.9 Å². The molecule has 110 valence electrons. The van der Waals surface area contributed by atoms with E-state index in [0.717, 1.165) is 6.21 Å². The number of H-pyrrole nitrogens is 1. The number of hydrogen-bond donors (Lipinski definition) is 1. The van der Waals surface area contributed by atoms with E-state index in [1.165, 1.54) is 24.3 Å². The van der Waals surface area contributed by atoms with Crippen molar-refractivity contribution >= 4 is 24.1 Å². The minimum atomic E-state index is -4.76. The summed E-state index contributed by atoms with van der Waals surface area (Å²) < 4.78 is 38.0. The van der Waals surface area contributed by atoms with E-state index in [1.54, 1.807) is 0 Å². The molecule has 1 aromatic carbocycles. The van der Waals surface area contributed by atoms with Crippen LogP contribution in [0, 0.1) is 14.9 Å². The lowest BCUT2D eigenvalue weighted by Gasteiger charge is -2.04. The second kappa shape index (κ2) is 5.44. The van der Waals surface area contributed by atoms with Gasteiger partial charge in [-0.05, 0) is 18.3 Å². The van der Waals surface area contributed by atoms with Crippen LogP contribution in [0.5, 0.6) is 0 Å². The predicted molar refractivity (Wildman–Crippen MR) is 68.5 cm³/mol. The summed E-state index contributed by atoms with van der Waals surface area (Å²) in [6.07, 6.45) is -3.84. The van der Waals surface area contributed by atoms with E-state index in [4.69, 9.17) is 0 Å². The van der Waals surface area contributed by atoms with Crippen molar-refractivity contribution in [3.63, 3.8) is 0 Å². The Morgan fingerprint density at radius 3 is 2.71 bits per heavy atom. The van der Waals surface area contributed by atoms with Crippen molar-refractivity contribution in [1.82, 2.24) is 14.9 Å². The number of benzene rings is 1. The Morgan fingerprint density at radius 1 is 1.43 bits per heavy atom. The van der Waals surface area contributed by atoms with Gasteiger partial charge in [0.15, 0.2) is 0 Å². The van der Waals surface area contributed by atoms with Gasteiger partial charge in [-0.25, -0.2) is 5.10 Å². The first kappa shape index (κ1) is 14.8. The molecule has 0 atom stereocenters. The highest BCUT2D eigenvalue weighted by Gasteiger charge is 2.37. The Balaban J connectivity index is 2.47. The molecule has 0 aliphatic rings. The number of halogens is 3. The van der Waals surface area contributed by atoms with E-state index in [-0.39, 0.29) is 16.0 Å². The molecule has 7 nitrogen and oxygen atoms in total. The van der Waals surface area contributed by atoms with Crippen LogP contribution in [0.15, 0.2) is 29.4 Å². The number of nitro benzene ring substituents is 1. The Labute approximate surface area is 119 Å². The molecule has 0 fully saturated rings. The highest BCUT2D eigenvalue weighted by molar-refractivity contribution is 7.71. The molecule has 11 heteroatoms. The summed E-state index contributed by atoms with van der Waals surface area (Å²) in [5, 5.41) is 19.3. The fourth-order valence-corrected chi connectivity index (χ4v) is 1.64. The zero-order chi connectivity index (χ0) is 15.6. The van der Waals surface area contributed by atoms with Crippen LogP contribution in [0.3, 0.4) is 0 Å². The topological polar surface area (TPSA) is 89.1 Å². The minimum absolute atomic E-state index is 0.0405. The van der Waals surface area contributed by atoms with Crippen molar-refractivity contribution in [2.75, 3.05) is 0 Å². The summed E-state index contributed by atoms with van der Waals surface area (Å²) in [5.74, 6) is -1.35. The van der Waals surface area contributed by atoms with E-state index in [0.29, 0.717) is 4.68 Å². The first-order valence-corrected chi connectivity index (χ1v) is 5.74. The van der Waals surface area contributed by atoms with Gasteiger partial charge in [0.2, 0.25) is 4.77 Å². The maximum Gasteiger partial charge on any atom is 0.453 e. The van der Waals surface area contributed by atoms with Gasteiger partial charge in [-0.1, -0.05) is 12.1 Å². The Morgan fingerprint density at radius 2 is 2.10 bits per heavy atom. The van der Waals surface area contributed by atoms with Crippen LogP contribution in [0.1, 0.15) is 11.4 Å². The number of para-hydroxylation sites is 1. The maximum absolute atomic E-state index is 12.7. The average Bonchev–Trinajstić information content (AvgIpc) is 2.77. The minimum Gasteiger partial charge on any atom is -0.258 e. The molecule has 0 aliphatic heterocycles. The number of aromatic nitrogens is 3. The summed E-state index contributed by atoms with van der Waals surface area (Å²) in [4.78, 5) is 10.1. The molecule has 1 heterocycles. The van der Waals surface area contributed by atoms with Crippen molar-refractivity contribution in [2.45, 2.75) is 6.18 Å². The molecule has 0 radical (unpaired) electrons. The van der Waals surface area contributed by atoms with Gasteiger partial charge in [0.05, 0.1) is 16.7 Å². The van der Waals surface area contributed by atoms with Crippen molar-refractivity contribution in [1.29, 1.82) is 0 Å². The number of rotatable bonds is 3. The average molecular weight is 317 g/mol. The van der Waals surface area contributed by atoms with Gasteiger partial charge in [0.1, 0.15) is 0 Å². The summed E-state index contributed by atoms with van der Waals surface area (Å²) in [7, 11) is 0. The van der Waals surface area contributed by atoms with Crippen LogP contribution in [0.4, 0.5) is 18.9 Å². The largest absolute Gasteiger partial charge is 0.453 e. The first-order chi connectivity index (χ1) is 9.80. The maximum atomic E-state index is 12.7. The molecule has 2 aromatic rings. The lowest BCUT2D eigenvalue weighted by atomic mass is 10.2. The summed E-state index contributed by atoms with van der Waals surface area (Å²) in [6, 6.07) is 5.48. The molecule has 1 aromatic heterocycles. The van der Waals surface area contributed by atoms with Gasteiger partial charge < -0.3 is 0 Å². The molecule has 21 heavy (non-hydrogen) atoms. The molecule has 0 unspecified atom stereocenters. The second-order valence-corrected chi connectivity index (χ2v) is 4.11. The number of alkyl halides is 3. The van der Waals surface area contributed by atoms with Crippen LogP contribution in [-0.2, 0) is 6.18 Å². The number of nitro groups is 1. The molecule has 0 saturated heterocycles. The van der Waals surface area contributed by atoms with Crippen LogP contribution in [0.25, 0.3) is 0 Å². The predicted octanol–water partition coefficient (Wildman–Crippen LogP) is 2.75. The van der Waals surface area contributed by atoms with Crippen LogP contribution < -0.4 is 0 Å². The standard InChI is InChI=1S/C10H6F3N5O2S/c11-10(12,13)8-15-16-9(21)17(8)14-5-6-3-1-2-4-7(6)18(19)20/h1-5H,(H,16,21). The van der Waals surface area contributed by atoms with Gasteiger partial charge >= 0.3 is 6.18 Å². The summed E-state index contributed by atoms with van der Waals surface area (Å²) in [5.41, 5.74) is -0.247. The van der Waals surface area contributed by atoms with Crippen LogP contribution in [-0.4, -0.2) is 26.0 Å². The number of nitrogens with zero attached hydrogens (tertiary/aromatic N) is 4. The fraction of sp³-hybridized carbons (Fsp3) is 0.100. The Bertz CT molecular complexity index is 765. The zero-order valence-corrected chi connectivity index (χ0v) is 10.9. The Kier molecular flexibility index (Phi) is 3.84. The van der Waals surface area contributed by atoms with E-state index in [2.05, 4.69) is 22.4 Å². The molecule has 0 bridgehead atoms. The molecule has 0 amide bonds. The van der Waals surface area contributed by atoms with Gasteiger partial charge in [-0.3, -0.25) is 10.1 Å². The third-order valence-corrected chi connectivity index (χ3v) is 2.61. The van der Waals surface area contributed by atoms with E-state index >= 15 is 0 Å². The van der Waals surface area contributed by atoms with Crippen LogP contribution >= 0.6 is 12.2 Å². The quantitative estimate of drug-likeness (QED) is 0.408. The molecule has 0 spiro atoms. The number of aromatic amines is 1. The molecular weight excluding hydrogens is 311 g/mol. The third-order valence-electron chi connectivity index (χ3n) is 2.35. The highest BCUT2D eigenvalue weighted by atomic mass is 32.1. The van der Waals surface area contributed by atoms with Gasteiger partial charge in [-0.2, -0.15) is 22.9 Å². The van der Waals surface area contributed by atoms with Gasteiger partial charge in [0, 0.05) is 6.07 Å². The van der Waals surface area contributed by atoms with E-state index in [1.807, 2.05) is 5.10 Å². The van der Waals surface area contributed by atoms with Gasteiger partial charge in [-0.15, -0.1) is 5.10 Å². The zero-order valence-electron chi connectivity index (χ0n) is 10.0. The molecular formula is C10H6F3N5O2S. The van der Waals surface area contributed by atoms with Gasteiger partial charge in [0.25, 0.3) is 11.5 Å². The lowest BCUT2D eigenvalue weighted by molar-refractivity contribution is -0.385.